The van der Waals surface area contributed by atoms with Gasteiger partial charge >= 0.3 is 7.60 Å². The summed E-state index contributed by atoms with van der Waals surface area (Å²) in [4.78, 5) is 0. The molecule has 2 aromatic carbocycles. The van der Waals surface area contributed by atoms with Crippen molar-refractivity contribution in [3.63, 3.8) is 0 Å². The van der Waals surface area contributed by atoms with Gasteiger partial charge in [0.2, 0.25) is 0 Å². The first kappa shape index (κ1) is 16.6. The van der Waals surface area contributed by atoms with Crippen LogP contribution in [0.4, 0.5) is 0 Å². The van der Waals surface area contributed by atoms with E-state index in [2.05, 4.69) is 0 Å². The largest absolute Gasteiger partial charge is 0.435 e. The maximum Gasteiger partial charge on any atom is 0.435 e. The topological polar surface area (TPSA) is 35.5 Å². The zero-order chi connectivity index (χ0) is 16.4. The fourth-order valence-corrected chi connectivity index (χ4v) is 3.28. The second-order valence-electron chi connectivity index (χ2n) is 6.48. The van der Waals surface area contributed by atoms with E-state index in [0.29, 0.717) is 11.5 Å². The number of hydrogen-bond acceptors (Lipinski definition) is 3. The van der Waals surface area contributed by atoms with E-state index in [0.717, 1.165) is 11.1 Å². The summed E-state index contributed by atoms with van der Waals surface area (Å²) >= 11 is 0. The lowest BCUT2D eigenvalue weighted by molar-refractivity contribution is 0.356. The molecule has 2 aromatic rings. The molecule has 0 amide bonds. The van der Waals surface area contributed by atoms with Gasteiger partial charge in [-0.3, -0.25) is 0 Å². The molecule has 0 aliphatic heterocycles. The lowest BCUT2D eigenvalue weighted by Crippen LogP contribution is -2.22. The van der Waals surface area contributed by atoms with Crippen LogP contribution in [0.15, 0.2) is 48.5 Å². The summed E-state index contributed by atoms with van der Waals surface area (Å²) in [6.45, 7) is 9.52. The SMILES string of the molecule is Cc1cccc(OP(=O)(Oc2cccc(C)c2)C(C)(C)C)c1. The number of benzene rings is 2. The monoisotopic (exact) mass is 318 g/mol. The van der Waals surface area contributed by atoms with Crippen molar-refractivity contribution in [2.24, 2.45) is 0 Å². The third-order valence-corrected chi connectivity index (χ3v) is 5.80. The van der Waals surface area contributed by atoms with Gasteiger partial charge in [0.05, 0.1) is 5.16 Å². The van der Waals surface area contributed by atoms with Crippen LogP contribution in [0, 0.1) is 13.8 Å². The van der Waals surface area contributed by atoms with Crippen LogP contribution < -0.4 is 9.05 Å². The van der Waals surface area contributed by atoms with Gasteiger partial charge in [0.15, 0.2) is 0 Å². The molecule has 3 nitrogen and oxygen atoms in total. The highest BCUT2D eigenvalue weighted by Gasteiger charge is 2.43. The molecular formula is C18H23O3P. The molecule has 0 radical (unpaired) electrons. The Bertz CT molecular complexity index is 650. The molecule has 0 saturated heterocycles. The molecule has 2 rings (SSSR count). The summed E-state index contributed by atoms with van der Waals surface area (Å²) in [5.41, 5.74) is 2.10. The van der Waals surface area contributed by atoms with E-state index in [1.54, 1.807) is 12.1 Å². The van der Waals surface area contributed by atoms with Gasteiger partial charge in [-0.2, -0.15) is 0 Å². The van der Waals surface area contributed by atoms with Crippen molar-refractivity contribution in [2.45, 2.75) is 39.8 Å². The van der Waals surface area contributed by atoms with Gasteiger partial charge in [-0.25, -0.2) is 4.57 Å². The third-order valence-electron chi connectivity index (χ3n) is 3.25. The standard InChI is InChI=1S/C18H23O3P/c1-14-8-6-10-16(12-14)20-22(19,18(3,4)5)21-17-11-7-9-15(2)13-17/h6-13H,1-5H3. The minimum Gasteiger partial charge on any atom is -0.416 e. The Hall–Kier alpha value is -1.73. The molecular weight excluding hydrogens is 295 g/mol. The number of rotatable bonds is 4. The minimum absolute atomic E-state index is 0.561. The van der Waals surface area contributed by atoms with Gasteiger partial charge in [0, 0.05) is 0 Å². The summed E-state index contributed by atoms with van der Waals surface area (Å²) in [5.74, 6) is 1.12. The molecule has 0 unspecified atom stereocenters. The fraction of sp³-hybridized carbons (Fsp3) is 0.333. The van der Waals surface area contributed by atoms with E-state index in [9.17, 15) is 4.57 Å². The summed E-state index contributed by atoms with van der Waals surface area (Å²) in [7, 11) is -3.39. The van der Waals surface area contributed by atoms with Crippen LogP contribution in [0.5, 0.6) is 11.5 Å². The average molecular weight is 318 g/mol. The van der Waals surface area contributed by atoms with Crippen LogP contribution in [-0.4, -0.2) is 5.16 Å². The molecule has 0 saturated carbocycles. The van der Waals surface area contributed by atoms with Crippen LogP contribution in [0.1, 0.15) is 31.9 Å². The maximum absolute atomic E-state index is 13.4. The van der Waals surface area contributed by atoms with E-state index in [-0.39, 0.29) is 0 Å². The van der Waals surface area contributed by atoms with Gasteiger partial charge < -0.3 is 9.05 Å². The van der Waals surface area contributed by atoms with Crippen LogP contribution in [0.25, 0.3) is 0 Å². The predicted octanol–water partition coefficient (Wildman–Crippen LogP) is 5.75. The second kappa shape index (κ2) is 6.18. The van der Waals surface area contributed by atoms with Gasteiger partial charge in [-0.05, 0) is 70.0 Å². The highest BCUT2D eigenvalue weighted by molar-refractivity contribution is 7.56. The summed E-state index contributed by atoms with van der Waals surface area (Å²) in [6, 6.07) is 15.0. The van der Waals surface area contributed by atoms with Crippen LogP contribution >= 0.6 is 7.60 Å². The van der Waals surface area contributed by atoms with Crippen LogP contribution in [0.2, 0.25) is 0 Å². The Balaban J connectivity index is 2.34. The van der Waals surface area contributed by atoms with Crippen molar-refractivity contribution in [1.82, 2.24) is 0 Å². The quantitative estimate of drug-likeness (QED) is 0.673. The highest BCUT2D eigenvalue weighted by Crippen LogP contribution is 2.58. The minimum atomic E-state index is -3.39. The Morgan fingerprint density at radius 1 is 0.818 bits per heavy atom. The van der Waals surface area contributed by atoms with E-state index < -0.39 is 12.8 Å². The zero-order valence-corrected chi connectivity index (χ0v) is 14.7. The predicted molar refractivity (Wildman–Crippen MR) is 91.0 cm³/mol. The average Bonchev–Trinajstić information content (AvgIpc) is 2.37. The van der Waals surface area contributed by atoms with Gasteiger partial charge in [0.25, 0.3) is 0 Å². The van der Waals surface area contributed by atoms with E-state index in [1.165, 1.54) is 0 Å². The number of aryl methyl sites for hydroxylation is 2. The lowest BCUT2D eigenvalue weighted by Gasteiger charge is -2.30. The molecule has 0 spiro atoms. The number of hydrogen-bond donors (Lipinski definition) is 0. The van der Waals surface area contributed by atoms with E-state index in [1.807, 2.05) is 71.0 Å². The summed E-state index contributed by atoms with van der Waals surface area (Å²) in [5, 5.41) is -0.638. The first-order chi connectivity index (χ1) is 10.2. The Morgan fingerprint density at radius 3 is 1.55 bits per heavy atom. The molecule has 0 bridgehead atoms. The second-order valence-corrected chi connectivity index (χ2v) is 9.19. The van der Waals surface area contributed by atoms with Gasteiger partial charge in [-0.15, -0.1) is 0 Å². The molecule has 0 fully saturated rings. The molecule has 0 aromatic heterocycles. The lowest BCUT2D eigenvalue weighted by atomic mass is 10.2. The molecule has 0 heterocycles. The highest BCUT2D eigenvalue weighted by atomic mass is 31.2. The van der Waals surface area contributed by atoms with Crippen LogP contribution in [-0.2, 0) is 4.57 Å². The van der Waals surface area contributed by atoms with E-state index in [4.69, 9.17) is 9.05 Å². The first-order valence-corrected chi connectivity index (χ1v) is 8.86. The molecule has 0 atom stereocenters. The Morgan fingerprint density at radius 2 is 1.23 bits per heavy atom. The normalized spacial score (nSPS) is 12.0. The van der Waals surface area contributed by atoms with E-state index >= 15 is 0 Å². The van der Waals surface area contributed by atoms with Crippen molar-refractivity contribution in [3.05, 3.63) is 59.7 Å². The maximum atomic E-state index is 13.4. The summed E-state index contributed by atoms with van der Waals surface area (Å²) in [6.07, 6.45) is 0. The Kier molecular flexibility index (Phi) is 4.67. The van der Waals surface area contributed by atoms with Gasteiger partial charge in [-0.1, -0.05) is 24.3 Å². The van der Waals surface area contributed by atoms with Crippen molar-refractivity contribution >= 4 is 7.60 Å². The molecule has 0 aliphatic carbocycles. The molecule has 22 heavy (non-hydrogen) atoms. The molecule has 4 heteroatoms. The molecule has 0 N–H and O–H groups in total. The zero-order valence-electron chi connectivity index (χ0n) is 13.8. The smallest absolute Gasteiger partial charge is 0.416 e. The van der Waals surface area contributed by atoms with Crippen molar-refractivity contribution in [3.8, 4) is 11.5 Å². The Labute approximate surface area is 132 Å². The molecule has 118 valence electrons. The summed E-state index contributed by atoms with van der Waals surface area (Å²) < 4.78 is 25.0. The third kappa shape index (κ3) is 3.92. The van der Waals surface area contributed by atoms with Crippen molar-refractivity contribution in [1.29, 1.82) is 0 Å². The van der Waals surface area contributed by atoms with Crippen LogP contribution in [0.3, 0.4) is 0 Å². The molecule has 0 aliphatic rings. The fourth-order valence-electron chi connectivity index (χ4n) is 1.91. The van der Waals surface area contributed by atoms with Crippen molar-refractivity contribution < 1.29 is 13.6 Å². The van der Waals surface area contributed by atoms with Gasteiger partial charge in [0.1, 0.15) is 11.5 Å². The van der Waals surface area contributed by atoms with Crippen molar-refractivity contribution in [2.75, 3.05) is 0 Å². The first-order valence-electron chi connectivity index (χ1n) is 7.32.